The standard InChI is InChI=1S/C20H17FN4O/c21-18-11-5-6-12-19(18)24-20(25-22)17-10-4-3-9-16(17)15-8-2-1-7-14(15)13-23-26/h1-13,26H,22H2,(H,24,25)/b23-13-. The van der Waals surface area contributed by atoms with E-state index in [2.05, 4.69) is 15.6 Å². The van der Waals surface area contributed by atoms with E-state index in [1.54, 1.807) is 18.2 Å². The normalized spacial score (nSPS) is 11.7. The second kappa shape index (κ2) is 8.04. The summed E-state index contributed by atoms with van der Waals surface area (Å²) in [4.78, 5) is 4.33. The molecule has 0 aliphatic heterocycles. The van der Waals surface area contributed by atoms with E-state index in [0.717, 1.165) is 16.7 Å². The first-order chi connectivity index (χ1) is 12.7. The van der Waals surface area contributed by atoms with Gasteiger partial charge in [-0.2, -0.15) is 0 Å². The number of benzene rings is 3. The van der Waals surface area contributed by atoms with E-state index in [4.69, 9.17) is 11.0 Å². The van der Waals surface area contributed by atoms with E-state index in [0.29, 0.717) is 11.4 Å². The highest BCUT2D eigenvalue weighted by molar-refractivity contribution is 6.06. The van der Waals surface area contributed by atoms with Crippen molar-refractivity contribution in [1.82, 2.24) is 5.43 Å². The number of nitrogens with one attached hydrogen (secondary N) is 1. The molecule has 0 saturated carbocycles. The summed E-state index contributed by atoms with van der Waals surface area (Å²) in [6.07, 6.45) is 1.36. The zero-order valence-corrected chi connectivity index (χ0v) is 13.8. The van der Waals surface area contributed by atoms with Gasteiger partial charge in [0.15, 0.2) is 0 Å². The van der Waals surface area contributed by atoms with Crippen molar-refractivity contribution >= 4 is 17.7 Å². The Morgan fingerprint density at radius 1 is 0.923 bits per heavy atom. The van der Waals surface area contributed by atoms with Crippen molar-refractivity contribution in [2.45, 2.75) is 0 Å². The van der Waals surface area contributed by atoms with Gasteiger partial charge >= 0.3 is 0 Å². The lowest BCUT2D eigenvalue weighted by atomic mass is 9.95. The molecule has 0 fully saturated rings. The molecule has 0 bridgehead atoms. The fourth-order valence-electron chi connectivity index (χ4n) is 2.67. The third-order valence-electron chi connectivity index (χ3n) is 3.85. The molecule has 0 aromatic heterocycles. The Morgan fingerprint density at radius 2 is 1.58 bits per heavy atom. The smallest absolute Gasteiger partial charge is 0.148 e. The van der Waals surface area contributed by atoms with Gasteiger partial charge in [0.05, 0.1) is 6.21 Å². The fraction of sp³-hybridized carbons (Fsp3) is 0. The van der Waals surface area contributed by atoms with Crippen molar-refractivity contribution in [2.24, 2.45) is 16.0 Å². The molecule has 3 rings (SSSR count). The van der Waals surface area contributed by atoms with Crippen LogP contribution in [0.15, 0.2) is 82.9 Å². The van der Waals surface area contributed by atoms with Gasteiger partial charge in [-0.1, -0.05) is 65.8 Å². The Labute approximate surface area is 150 Å². The molecule has 0 heterocycles. The maximum Gasteiger partial charge on any atom is 0.148 e. The van der Waals surface area contributed by atoms with Crippen LogP contribution in [-0.4, -0.2) is 17.3 Å². The van der Waals surface area contributed by atoms with Gasteiger partial charge < -0.3 is 10.6 Å². The summed E-state index contributed by atoms with van der Waals surface area (Å²) in [7, 11) is 0. The van der Waals surface area contributed by atoms with Crippen molar-refractivity contribution < 1.29 is 9.60 Å². The fourth-order valence-corrected chi connectivity index (χ4v) is 2.67. The van der Waals surface area contributed by atoms with Crippen LogP contribution in [0.1, 0.15) is 11.1 Å². The number of nitrogens with two attached hydrogens (primary N) is 1. The largest absolute Gasteiger partial charge is 0.411 e. The van der Waals surface area contributed by atoms with E-state index in [9.17, 15) is 4.39 Å². The molecule has 0 unspecified atom stereocenters. The number of hydrogen-bond donors (Lipinski definition) is 3. The number of para-hydroxylation sites is 1. The number of oxime groups is 1. The number of hydrogen-bond acceptors (Lipinski definition) is 4. The van der Waals surface area contributed by atoms with Gasteiger partial charge in [0.25, 0.3) is 0 Å². The Kier molecular flexibility index (Phi) is 5.36. The molecule has 130 valence electrons. The molecule has 0 amide bonds. The number of aliphatic imine (C=N–C) groups is 1. The van der Waals surface area contributed by atoms with Crippen LogP contribution >= 0.6 is 0 Å². The zero-order valence-electron chi connectivity index (χ0n) is 13.8. The maximum atomic E-state index is 14.0. The second-order valence-electron chi connectivity index (χ2n) is 5.43. The SMILES string of the molecule is NNC(=Nc1ccccc1F)c1ccccc1-c1ccccc1/C=N\O. The first-order valence-electron chi connectivity index (χ1n) is 7.90. The number of hydrazine groups is 1. The van der Waals surface area contributed by atoms with Crippen molar-refractivity contribution in [1.29, 1.82) is 0 Å². The van der Waals surface area contributed by atoms with Crippen LogP contribution < -0.4 is 11.3 Å². The van der Waals surface area contributed by atoms with Crippen molar-refractivity contribution in [3.8, 4) is 11.1 Å². The second-order valence-corrected chi connectivity index (χ2v) is 5.43. The van der Waals surface area contributed by atoms with E-state index in [1.807, 2.05) is 48.5 Å². The number of amidine groups is 1. The van der Waals surface area contributed by atoms with E-state index < -0.39 is 5.82 Å². The van der Waals surface area contributed by atoms with Gasteiger partial charge in [0, 0.05) is 11.1 Å². The monoisotopic (exact) mass is 348 g/mol. The summed E-state index contributed by atoms with van der Waals surface area (Å²) < 4.78 is 14.0. The molecule has 0 radical (unpaired) electrons. The minimum Gasteiger partial charge on any atom is -0.411 e. The minimum atomic E-state index is -0.439. The van der Waals surface area contributed by atoms with Crippen LogP contribution in [-0.2, 0) is 0 Å². The van der Waals surface area contributed by atoms with Crippen LogP contribution in [0.5, 0.6) is 0 Å². The summed E-state index contributed by atoms with van der Waals surface area (Å²) in [6, 6.07) is 21.1. The lowest BCUT2D eigenvalue weighted by Crippen LogP contribution is -2.31. The van der Waals surface area contributed by atoms with Gasteiger partial charge in [-0.3, -0.25) is 0 Å². The van der Waals surface area contributed by atoms with Crippen LogP contribution in [0.3, 0.4) is 0 Å². The topological polar surface area (TPSA) is 83.0 Å². The van der Waals surface area contributed by atoms with Gasteiger partial charge in [-0.25, -0.2) is 15.2 Å². The minimum absolute atomic E-state index is 0.181. The number of halogens is 1. The van der Waals surface area contributed by atoms with E-state index >= 15 is 0 Å². The first kappa shape index (κ1) is 17.3. The average molecular weight is 348 g/mol. The molecule has 0 saturated heterocycles. The van der Waals surface area contributed by atoms with Crippen molar-refractivity contribution in [3.63, 3.8) is 0 Å². The summed E-state index contributed by atoms with van der Waals surface area (Å²) in [5.74, 6) is 5.56. The molecule has 0 spiro atoms. The first-order valence-corrected chi connectivity index (χ1v) is 7.90. The number of rotatable bonds is 4. The molecule has 26 heavy (non-hydrogen) atoms. The van der Waals surface area contributed by atoms with E-state index in [1.165, 1.54) is 12.3 Å². The van der Waals surface area contributed by atoms with Gasteiger partial charge in [0.2, 0.25) is 0 Å². The summed E-state index contributed by atoms with van der Waals surface area (Å²) in [6.45, 7) is 0. The molecular formula is C20H17FN4O. The van der Waals surface area contributed by atoms with Crippen LogP contribution in [0, 0.1) is 5.82 Å². The number of nitrogens with zero attached hydrogens (tertiary/aromatic N) is 2. The Hall–Kier alpha value is -3.51. The predicted octanol–water partition coefficient (Wildman–Crippen LogP) is 3.84. The van der Waals surface area contributed by atoms with Gasteiger partial charge in [-0.05, 0) is 23.3 Å². The molecule has 3 aromatic rings. The molecular weight excluding hydrogens is 331 g/mol. The van der Waals surface area contributed by atoms with Crippen LogP contribution in [0.4, 0.5) is 10.1 Å². The summed E-state index contributed by atoms with van der Waals surface area (Å²) in [5, 5.41) is 12.0. The molecule has 0 aliphatic carbocycles. The highest BCUT2D eigenvalue weighted by Gasteiger charge is 2.13. The predicted molar refractivity (Wildman–Crippen MR) is 101 cm³/mol. The average Bonchev–Trinajstić information content (AvgIpc) is 2.68. The molecule has 0 aliphatic rings. The Balaban J connectivity index is 2.17. The summed E-state index contributed by atoms with van der Waals surface area (Å²) in [5.41, 5.74) is 5.80. The third kappa shape index (κ3) is 3.60. The molecule has 5 nitrogen and oxygen atoms in total. The van der Waals surface area contributed by atoms with E-state index in [-0.39, 0.29) is 5.69 Å². The highest BCUT2D eigenvalue weighted by atomic mass is 19.1. The van der Waals surface area contributed by atoms with Gasteiger partial charge in [0.1, 0.15) is 17.3 Å². The van der Waals surface area contributed by atoms with Crippen molar-refractivity contribution in [3.05, 3.63) is 89.7 Å². The molecule has 3 aromatic carbocycles. The third-order valence-corrected chi connectivity index (χ3v) is 3.85. The molecule has 0 atom stereocenters. The lowest BCUT2D eigenvalue weighted by molar-refractivity contribution is 0.322. The molecule has 6 heteroatoms. The highest BCUT2D eigenvalue weighted by Crippen LogP contribution is 2.28. The summed E-state index contributed by atoms with van der Waals surface area (Å²) >= 11 is 0. The maximum absolute atomic E-state index is 14.0. The molecule has 4 N–H and O–H groups in total. The van der Waals surface area contributed by atoms with Crippen LogP contribution in [0.25, 0.3) is 11.1 Å². The van der Waals surface area contributed by atoms with Gasteiger partial charge in [-0.15, -0.1) is 0 Å². The lowest BCUT2D eigenvalue weighted by Gasteiger charge is -2.14. The Morgan fingerprint density at radius 3 is 2.31 bits per heavy atom. The quantitative estimate of drug-likeness (QED) is 0.220. The zero-order chi connectivity index (χ0) is 18.4. The van der Waals surface area contributed by atoms with Crippen LogP contribution in [0.2, 0.25) is 0 Å². The van der Waals surface area contributed by atoms with Crippen molar-refractivity contribution in [2.75, 3.05) is 0 Å². The Bertz CT molecular complexity index is 969.